The number of hydrogen-bond acceptors (Lipinski definition) is 4. The van der Waals surface area contributed by atoms with Crippen LogP contribution in [0.2, 0.25) is 0 Å². The van der Waals surface area contributed by atoms with Crippen LogP contribution in [0.15, 0.2) is 42.5 Å². The molecule has 22 heavy (non-hydrogen) atoms. The van der Waals surface area contributed by atoms with Gasteiger partial charge in [-0.3, -0.25) is 0 Å². The predicted molar refractivity (Wildman–Crippen MR) is 87.0 cm³/mol. The molecule has 116 valence electrons. The first-order chi connectivity index (χ1) is 10.8. The summed E-state index contributed by atoms with van der Waals surface area (Å²) in [6.07, 6.45) is 2.08. The van der Waals surface area contributed by atoms with E-state index in [1.165, 1.54) is 5.56 Å². The van der Waals surface area contributed by atoms with Crippen molar-refractivity contribution in [3.8, 4) is 17.2 Å². The fourth-order valence-electron chi connectivity index (χ4n) is 2.36. The van der Waals surface area contributed by atoms with Gasteiger partial charge in [-0.1, -0.05) is 12.1 Å². The molecule has 1 aliphatic rings. The maximum Gasteiger partial charge on any atom is 0.231 e. The molecular formula is C18H21NO3. The van der Waals surface area contributed by atoms with E-state index < -0.39 is 0 Å². The van der Waals surface area contributed by atoms with E-state index in [1.54, 1.807) is 0 Å². The molecule has 2 aromatic rings. The predicted octanol–water partition coefficient (Wildman–Crippen LogP) is 3.99. The molecule has 0 atom stereocenters. The van der Waals surface area contributed by atoms with Gasteiger partial charge in [-0.2, -0.15) is 0 Å². The van der Waals surface area contributed by atoms with Crippen molar-refractivity contribution in [2.75, 3.05) is 25.3 Å². The van der Waals surface area contributed by atoms with Crippen molar-refractivity contribution in [1.29, 1.82) is 0 Å². The van der Waals surface area contributed by atoms with Crippen LogP contribution < -0.4 is 19.5 Å². The number of nitrogens with one attached hydrogen (secondary N) is 1. The third-order valence-corrected chi connectivity index (χ3v) is 3.53. The Balaban J connectivity index is 1.34. The summed E-state index contributed by atoms with van der Waals surface area (Å²) in [6, 6.07) is 14.1. The van der Waals surface area contributed by atoms with E-state index >= 15 is 0 Å². The highest BCUT2D eigenvalue weighted by molar-refractivity contribution is 5.55. The molecule has 0 radical (unpaired) electrons. The minimum atomic E-state index is 0.315. The topological polar surface area (TPSA) is 39.7 Å². The van der Waals surface area contributed by atoms with Crippen molar-refractivity contribution in [3.05, 3.63) is 48.0 Å². The second-order valence-electron chi connectivity index (χ2n) is 5.37. The Kier molecular flexibility index (Phi) is 4.68. The van der Waals surface area contributed by atoms with Crippen molar-refractivity contribution in [1.82, 2.24) is 0 Å². The first-order valence-electron chi connectivity index (χ1n) is 7.64. The molecule has 0 bridgehead atoms. The molecule has 1 heterocycles. The zero-order valence-corrected chi connectivity index (χ0v) is 12.8. The number of fused-ring (bicyclic) bond motifs is 1. The summed E-state index contributed by atoms with van der Waals surface area (Å²) in [5.74, 6) is 2.58. The minimum absolute atomic E-state index is 0.315. The monoisotopic (exact) mass is 299 g/mol. The maximum absolute atomic E-state index is 5.74. The van der Waals surface area contributed by atoms with Gasteiger partial charge in [0, 0.05) is 18.3 Å². The molecule has 1 N–H and O–H groups in total. The van der Waals surface area contributed by atoms with Crippen LogP contribution in [0.1, 0.15) is 18.4 Å². The van der Waals surface area contributed by atoms with Crippen LogP contribution in [0.3, 0.4) is 0 Å². The van der Waals surface area contributed by atoms with E-state index in [1.807, 2.05) is 30.3 Å². The molecule has 0 fully saturated rings. The zero-order chi connectivity index (χ0) is 15.2. The molecule has 3 rings (SSSR count). The summed E-state index contributed by atoms with van der Waals surface area (Å²) in [4.78, 5) is 0. The Bertz CT molecular complexity index is 627. The molecule has 0 aromatic heterocycles. The average Bonchev–Trinajstić information content (AvgIpc) is 2.98. The summed E-state index contributed by atoms with van der Waals surface area (Å²) in [5, 5.41) is 3.39. The van der Waals surface area contributed by atoms with Gasteiger partial charge in [-0.25, -0.2) is 0 Å². The van der Waals surface area contributed by atoms with Crippen LogP contribution in [0.4, 0.5) is 5.69 Å². The summed E-state index contributed by atoms with van der Waals surface area (Å²) < 4.78 is 16.4. The molecule has 1 aliphatic heterocycles. The SMILES string of the molecule is Cc1cccc(OCCCCNc2ccc3c(c2)OCO3)c1. The van der Waals surface area contributed by atoms with Crippen molar-refractivity contribution >= 4 is 5.69 Å². The molecule has 0 aliphatic carbocycles. The first-order valence-corrected chi connectivity index (χ1v) is 7.64. The normalized spacial score (nSPS) is 12.2. The number of aryl methyl sites for hydroxylation is 1. The second kappa shape index (κ2) is 7.07. The molecular weight excluding hydrogens is 278 g/mol. The molecule has 2 aromatic carbocycles. The molecule has 0 amide bonds. The van der Waals surface area contributed by atoms with E-state index in [2.05, 4.69) is 24.4 Å². The number of anilines is 1. The lowest BCUT2D eigenvalue weighted by atomic mass is 10.2. The summed E-state index contributed by atoms with van der Waals surface area (Å²) in [5.41, 5.74) is 2.28. The van der Waals surface area contributed by atoms with Crippen molar-refractivity contribution in [2.24, 2.45) is 0 Å². The summed E-state index contributed by atoms with van der Waals surface area (Å²) in [6.45, 7) is 4.04. The number of unbranched alkanes of at least 4 members (excludes halogenated alkanes) is 1. The summed E-state index contributed by atoms with van der Waals surface area (Å²) >= 11 is 0. The van der Waals surface area contributed by atoms with Gasteiger partial charge in [0.25, 0.3) is 0 Å². The molecule has 4 nitrogen and oxygen atoms in total. The largest absolute Gasteiger partial charge is 0.494 e. The van der Waals surface area contributed by atoms with Gasteiger partial charge in [0.1, 0.15) is 5.75 Å². The van der Waals surface area contributed by atoms with Crippen molar-refractivity contribution in [3.63, 3.8) is 0 Å². The number of ether oxygens (including phenoxy) is 3. The van der Waals surface area contributed by atoms with Crippen LogP contribution in [0, 0.1) is 6.92 Å². The van der Waals surface area contributed by atoms with E-state index in [0.717, 1.165) is 48.9 Å². The molecule has 0 spiro atoms. The Morgan fingerprint density at radius 1 is 1.05 bits per heavy atom. The lowest BCUT2D eigenvalue weighted by Gasteiger charge is -2.09. The van der Waals surface area contributed by atoms with Gasteiger partial charge in [-0.05, 0) is 49.6 Å². The van der Waals surface area contributed by atoms with E-state index in [-0.39, 0.29) is 0 Å². The average molecular weight is 299 g/mol. The Morgan fingerprint density at radius 2 is 1.95 bits per heavy atom. The molecule has 0 saturated carbocycles. The first kappa shape index (κ1) is 14.6. The molecule has 4 heteroatoms. The Labute approximate surface area is 131 Å². The highest BCUT2D eigenvalue weighted by atomic mass is 16.7. The van der Waals surface area contributed by atoms with Crippen LogP contribution >= 0.6 is 0 Å². The zero-order valence-electron chi connectivity index (χ0n) is 12.8. The highest BCUT2D eigenvalue weighted by Gasteiger charge is 2.12. The molecule has 0 unspecified atom stereocenters. The van der Waals surface area contributed by atoms with Gasteiger partial charge in [0.15, 0.2) is 11.5 Å². The Morgan fingerprint density at radius 3 is 2.86 bits per heavy atom. The van der Waals surface area contributed by atoms with Gasteiger partial charge in [0.05, 0.1) is 6.61 Å². The van der Waals surface area contributed by atoms with Crippen molar-refractivity contribution in [2.45, 2.75) is 19.8 Å². The van der Waals surface area contributed by atoms with Gasteiger partial charge < -0.3 is 19.5 Å². The lowest BCUT2D eigenvalue weighted by Crippen LogP contribution is -2.04. The Hall–Kier alpha value is -2.36. The van der Waals surface area contributed by atoms with Gasteiger partial charge in [0.2, 0.25) is 6.79 Å². The van der Waals surface area contributed by atoms with Crippen LogP contribution in [0.25, 0.3) is 0 Å². The second-order valence-corrected chi connectivity index (χ2v) is 5.37. The van der Waals surface area contributed by atoms with Crippen LogP contribution in [0.5, 0.6) is 17.2 Å². The van der Waals surface area contributed by atoms with Crippen LogP contribution in [-0.4, -0.2) is 19.9 Å². The van der Waals surface area contributed by atoms with E-state index in [0.29, 0.717) is 6.79 Å². The van der Waals surface area contributed by atoms with Crippen LogP contribution in [-0.2, 0) is 0 Å². The number of benzene rings is 2. The minimum Gasteiger partial charge on any atom is -0.494 e. The third kappa shape index (κ3) is 3.85. The van der Waals surface area contributed by atoms with E-state index in [9.17, 15) is 0 Å². The van der Waals surface area contributed by atoms with Crippen molar-refractivity contribution < 1.29 is 14.2 Å². The molecule has 0 saturated heterocycles. The lowest BCUT2D eigenvalue weighted by molar-refractivity contribution is 0.174. The summed E-state index contributed by atoms with van der Waals surface area (Å²) in [7, 11) is 0. The maximum atomic E-state index is 5.74. The highest BCUT2D eigenvalue weighted by Crippen LogP contribution is 2.34. The standard InChI is InChI=1S/C18H21NO3/c1-14-5-4-6-16(11-14)20-10-3-2-9-19-15-7-8-17-18(12-15)22-13-21-17/h4-8,11-12,19H,2-3,9-10,13H2,1H3. The number of hydrogen-bond donors (Lipinski definition) is 1. The fourth-order valence-corrected chi connectivity index (χ4v) is 2.36. The quantitative estimate of drug-likeness (QED) is 0.785. The van der Waals surface area contributed by atoms with Gasteiger partial charge >= 0.3 is 0 Å². The smallest absolute Gasteiger partial charge is 0.231 e. The number of rotatable bonds is 7. The fraction of sp³-hybridized carbons (Fsp3) is 0.333. The third-order valence-electron chi connectivity index (χ3n) is 3.53. The van der Waals surface area contributed by atoms with Gasteiger partial charge in [-0.15, -0.1) is 0 Å². The van der Waals surface area contributed by atoms with E-state index in [4.69, 9.17) is 14.2 Å².